The number of benzene rings is 3. The Morgan fingerprint density at radius 2 is 1.69 bits per heavy atom. The largest absolute Gasteiger partial charge is 0.497 e. The number of amides is 3. The van der Waals surface area contributed by atoms with Crippen LogP contribution >= 0.6 is 11.6 Å². The molecule has 182 valence electrons. The first kappa shape index (κ1) is 24.2. The molecule has 3 amide bonds. The first-order valence-electron chi connectivity index (χ1n) is 11.0. The van der Waals surface area contributed by atoms with Crippen LogP contribution in [0, 0.1) is 0 Å². The van der Waals surface area contributed by atoms with E-state index in [0.29, 0.717) is 40.1 Å². The van der Waals surface area contributed by atoms with Gasteiger partial charge in [0.25, 0.3) is 5.91 Å². The lowest BCUT2D eigenvalue weighted by molar-refractivity contribution is 0.0989. The number of urea groups is 1. The molecule has 9 heteroatoms. The lowest BCUT2D eigenvalue weighted by Gasteiger charge is -2.18. The highest BCUT2D eigenvalue weighted by molar-refractivity contribution is 6.32. The van der Waals surface area contributed by atoms with E-state index in [2.05, 4.69) is 10.6 Å². The molecule has 8 nitrogen and oxygen atoms in total. The molecular weight excluding hydrogens is 470 g/mol. The van der Waals surface area contributed by atoms with Gasteiger partial charge in [-0.05, 0) is 53.9 Å². The van der Waals surface area contributed by atoms with Crippen molar-refractivity contribution in [2.75, 3.05) is 38.1 Å². The molecule has 1 heterocycles. The van der Waals surface area contributed by atoms with E-state index in [1.54, 1.807) is 48.4 Å². The van der Waals surface area contributed by atoms with E-state index in [0.717, 1.165) is 23.2 Å². The molecule has 3 aromatic rings. The van der Waals surface area contributed by atoms with Crippen LogP contribution in [0.3, 0.4) is 0 Å². The number of rotatable bonds is 7. The predicted octanol–water partition coefficient (Wildman–Crippen LogP) is 4.89. The average molecular weight is 496 g/mol. The summed E-state index contributed by atoms with van der Waals surface area (Å²) in [5.41, 5.74) is 3.83. The summed E-state index contributed by atoms with van der Waals surface area (Å²) in [5, 5.41) is 5.92. The number of hydrogen-bond acceptors (Lipinski definition) is 5. The maximum absolute atomic E-state index is 13.1. The quantitative estimate of drug-likeness (QED) is 0.487. The number of methoxy groups -OCH3 is 3. The van der Waals surface area contributed by atoms with Gasteiger partial charge in [-0.3, -0.25) is 4.79 Å². The van der Waals surface area contributed by atoms with Crippen LogP contribution in [-0.2, 0) is 13.0 Å². The molecule has 0 aromatic heterocycles. The Morgan fingerprint density at radius 3 is 2.37 bits per heavy atom. The van der Waals surface area contributed by atoms with Gasteiger partial charge in [-0.15, -0.1) is 0 Å². The minimum atomic E-state index is -0.420. The minimum absolute atomic E-state index is 0.0715. The highest BCUT2D eigenvalue weighted by atomic mass is 35.5. The van der Waals surface area contributed by atoms with Crippen LogP contribution in [0.2, 0.25) is 5.02 Å². The summed E-state index contributed by atoms with van der Waals surface area (Å²) in [7, 11) is 4.59. The zero-order chi connectivity index (χ0) is 24.9. The molecule has 0 unspecified atom stereocenters. The second-order valence-electron chi connectivity index (χ2n) is 7.89. The Bertz CT molecular complexity index is 1250. The Labute approximate surface area is 208 Å². The van der Waals surface area contributed by atoms with E-state index in [9.17, 15) is 9.59 Å². The van der Waals surface area contributed by atoms with Gasteiger partial charge in [0, 0.05) is 30.4 Å². The van der Waals surface area contributed by atoms with E-state index in [4.69, 9.17) is 25.8 Å². The number of hydrogen-bond donors (Lipinski definition) is 2. The van der Waals surface area contributed by atoms with E-state index in [1.165, 1.54) is 14.2 Å². The summed E-state index contributed by atoms with van der Waals surface area (Å²) in [6, 6.07) is 15.7. The van der Waals surface area contributed by atoms with Crippen LogP contribution in [0.15, 0.2) is 54.6 Å². The number of halogens is 1. The zero-order valence-corrected chi connectivity index (χ0v) is 20.4. The number of anilines is 2. The number of carbonyl (C=O) groups excluding carboxylic acids is 2. The van der Waals surface area contributed by atoms with Crippen molar-refractivity contribution in [2.24, 2.45) is 0 Å². The molecule has 0 radical (unpaired) electrons. The monoisotopic (exact) mass is 495 g/mol. The van der Waals surface area contributed by atoms with Crippen LogP contribution in [0.5, 0.6) is 17.2 Å². The van der Waals surface area contributed by atoms with Gasteiger partial charge >= 0.3 is 6.03 Å². The van der Waals surface area contributed by atoms with Crippen LogP contribution in [0.25, 0.3) is 0 Å². The molecule has 35 heavy (non-hydrogen) atoms. The number of ether oxygens (including phenoxy) is 3. The second kappa shape index (κ2) is 10.6. The summed E-state index contributed by atoms with van der Waals surface area (Å²) in [6.45, 7) is 0.880. The fourth-order valence-corrected chi connectivity index (χ4v) is 4.18. The van der Waals surface area contributed by atoms with E-state index in [-0.39, 0.29) is 12.5 Å². The summed E-state index contributed by atoms with van der Waals surface area (Å²) < 4.78 is 15.7. The fourth-order valence-electron chi connectivity index (χ4n) is 3.94. The number of fused-ring (bicyclic) bond motifs is 1. The van der Waals surface area contributed by atoms with Gasteiger partial charge in [0.15, 0.2) is 0 Å². The maximum Gasteiger partial charge on any atom is 0.319 e. The van der Waals surface area contributed by atoms with Crippen LogP contribution in [0.1, 0.15) is 21.5 Å². The zero-order valence-electron chi connectivity index (χ0n) is 19.7. The molecule has 0 spiro atoms. The first-order chi connectivity index (χ1) is 16.9. The van der Waals surface area contributed by atoms with Crippen LogP contribution in [-0.4, -0.2) is 39.8 Å². The van der Waals surface area contributed by atoms with Gasteiger partial charge < -0.3 is 29.7 Å². The third kappa shape index (κ3) is 5.27. The fraction of sp³-hybridized carbons (Fsp3) is 0.231. The third-order valence-corrected chi connectivity index (χ3v) is 6.10. The Morgan fingerprint density at radius 1 is 0.943 bits per heavy atom. The molecule has 2 N–H and O–H groups in total. The predicted molar refractivity (Wildman–Crippen MR) is 135 cm³/mol. The lowest BCUT2D eigenvalue weighted by Crippen LogP contribution is -2.29. The van der Waals surface area contributed by atoms with E-state index >= 15 is 0 Å². The molecule has 0 saturated carbocycles. The van der Waals surface area contributed by atoms with Crippen LogP contribution in [0.4, 0.5) is 16.2 Å². The SMILES string of the molecule is COc1ccc(C(=O)N2CCc3ccc(CNC(=O)Nc4cc(Cl)c(OC)cc4OC)cc32)cc1. The average Bonchev–Trinajstić information content (AvgIpc) is 3.30. The smallest absolute Gasteiger partial charge is 0.319 e. The Hall–Kier alpha value is -3.91. The summed E-state index contributed by atoms with van der Waals surface area (Å²) in [4.78, 5) is 27.4. The van der Waals surface area contributed by atoms with Crippen molar-refractivity contribution in [2.45, 2.75) is 13.0 Å². The summed E-state index contributed by atoms with van der Waals surface area (Å²) in [5.74, 6) is 1.50. The standard InChI is InChI=1S/C26H26ClN3O5/c1-33-19-8-6-18(7-9-19)25(31)30-11-10-17-5-4-16(12-22(17)30)15-28-26(32)29-21-13-20(27)23(34-2)14-24(21)35-3/h4-9,12-14H,10-11,15H2,1-3H3,(H2,28,29,32). The van der Waals surface area contributed by atoms with Crippen molar-refractivity contribution in [3.8, 4) is 17.2 Å². The molecule has 0 fully saturated rings. The molecule has 1 aliphatic rings. The van der Waals surface area contributed by atoms with Crippen molar-refractivity contribution in [1.29, 1.82) is 0 Å². The molecule has 0 atom stereocenters. The molecular formula is C26H26ClN3O5. The molecule has 0 saturated heterocycles. The number of nitrogens with zero attached hydrogens (tertiary/aromatic N) is 1. The Balaban J connectivity index is 1.43. The summed E-state index contributed by atoms with van der Waals surface area (Å²) in [6.07, 6.45) is 0.781. The van der Waals surface area contributed by atoms with Crippen LogP contribution < -0.4 is 29.7 Å². The van der Waals surface area contributed by atoms with Gasteiger partial charge in [0.05, 0.1) is 32.0 Å². The second-order valence-corrected chi connectivity index (χ2v) is 8.30. The molecule has 0 bridgehead atoms. The van der Waals surface area contributed by atoms with Gasteiger partial charge in [-0.1, -0.05) is 23.7 Å². The molecule has 1 aliphatic heterocycles. The highest BCUT2D eigenvalue weighted by Gasteiger charge is 2.26. The first-order valence-corrected chi connectivity index (χ1v) is 11.4. The number of nitrogens with one attached hydrogen (secondary N) is 2. The van der Waals surface area contributed by atoms with Gasteiger partial charge in [-0.2, -0.15) is 0 Å². The molecule has 4 rings (SSSR count). The molecule has 0 aliphatic carbocycles. The maximum atomic E-state index is 13.1. The van der Waals surface area contributed by atoms with Gasteiger partial charge in [0.1, 0.15) is 17.2 Å². The third-order valence-electron chi connectivity index (χ3n) is 5.80. The van der Waals surface area contributed by atoms with Crippen molar-refractivity contribution >= 4 is 34.9 Å². The van der Waals surface area contributed by atoms with E-state index in [1.807, 2.05) is 18.2 Å². The number of carbonyl (C=O) groups is 2. The minimum Gasteiger partial charge on any atom is -0.497 e. The summed E-state index contributed by atoms with van der Waals surface area (Å²) >= 11 is 6.18. The Kier molecular flexibility index (Phi) is 7.31. The normalized spacial score (nSPS) is 12.1. The van der Waals surface area contributed by atoms with Crippen molar-refractivity contribution in [1.82, 2.24) is 5.32 Å². The highest BCUT2D eigenvalue weighted by Crippen LogP contribution is 2.36. The van der Waals surface area contributed by atoms with Crippen molar-refractivity contribution in [3.05, 3.63) is 76.3 Å². The van der Waals surface area contributed by atoms with Gasteiger partial charge in [-0.25, -0.2) is 4.79 Å². The topological polar surface area (TPSA) is 89.1 Å². The van der Waals surface area contributed by atoms with Gasteiger partial charge in [0.2, 0.25) is 0 Å². The molecule has 3 aromatic carbocycles. The lowest BCUT2D eigenvalue weighted by atomic mass is 10.1. The van der Waals surface area contributed by atoms with Crippen molar-refractivity contribution < 1.29 is 23.8 Å². The van der Waals surface area contributed by atoms with E-state index < -0.39 is 6.03 Å². The van der Waals surface area contributed by atoms with Crippen molar-refractivity contribution in [3.63, 3.8) is 0 Å².